The molecule has 3 rings (SSSR count). The number of hydrogen-bond donors (Lipinski definition) is 2. The van der Waals surface area contributed by atoms with E-state index in [0.717, 1.165) is 0 Å². The first kappa shape index (κ1) is 16.9. The zero-order chi connectivity index (χ0) is 17.8. The molecule has 6 nitrogen and oxygen atoms in total. The van der Waals surface area contributed by atoms with E-state index in [9.17, 15) is 9.59 Å². The molecule has 0 aliphatic carbocycles. The number of ether oxygens (including phenoxy) is 1. The summed E-state index contributed by atoms with van der Waals surface area (Å²) in [4.78, 5) is 25.6. The van der Waals surface area contributed by atoms with Gasteiger partial charge in [0, 0.05) is 29.0 Å². The van der Waals surface area contributed by atoms with E-state index in [-0.39, 0.29) is 12.5 Å². The molecule has 0 fully saturated rings. The Labute approximate surface area is 150 Å². The minimum atomic E-state index is -0.406. The zero-order valence-corrected chi connectivity index (χ0v) is 14.0. The average Bonchev–Trinajstić information content (AvgIpc) is 2.57. The fourth-order valence-corrected chi connectivity index (χ4v) is 2.66. The third-order valence-corrected chi connectivity index (χ3v) is 3.79. The predicted molar refractivity (Wildman–Crippen MR) is 98.6 cm³/mol. The first-order chi connectivity index (χ1) is 12.1. The highest BCUT2D eigenvalue weighted by molar-refractivity contribution is 6.30. The van der Waals surface area contributed by atoms with Crippen molar-refractivity contribution in [2.24, 2.45) is 0 Å². The second-order valence-corrected chi connectivity index (χ2v) is 5.79. The number of nitrogens with one attached hydrogen (secondary N) is 2. The van der Waals surface area contributed by atoms with Gasteiger partial charge in [0.05, 0.1) is 5.69 Å². The summed E-state index contributed by atoms with van der Waals surface area (Å²) in [5.74, 6) is 0.397. The molecule has 0 unspecified atom stereocenters. The van der Waals surface area contributed by atoms with Crippen molar-refractivity contribution in [2.75, 3.05) is 28.7 Å². The van der Waals surface area contributed by atoms with Gasteiger partial charge in [0.15, 0.2) is 6.61 Å². The lowest BCUT2D eigenvalue weighted by molar-refractivity contribution is -0.121. The summed E-state index contributed by atoms with van der Waals surface area (Å²) in [6, 6.07) is 11.6. The van der Waals surface area contributed by atoms with E-state index < -0.39 is 6.03 Å². The van der Waals surface area contributed by atoms with E-state index in [1.807, 2.05) is 0 Å². The quantitative estimate of drug-likeness (QED) is 0.815. The zero-order valence-electron chi connectivity index (χ0n) is 13.3. The van der Waals surface area contributed by atoms with Gasteiger partial charge in [-0.25, -0.2) is 4.79 Å². The second kappa shape index (κ2) is 7.27. The number of anilines is 3. The number of fused-ring (bicyclic) bond motifs is 1. The molecule has 7 heteroatoms. The van der Waals surface area contributed by atoms with Gasteiger partial charge in [0.1, 0.15) is 5.75 Å². The Kier molecular flexibility index (Phi) is 4.90. The third-order valence-electron chi connectivity index (χ3n) is 3.55. The van der Waals surface area contributed by atoms with Gasteiger partial charge in [-0.15, -0.1) is 6.58 Å². The molecular formula is C18H16ClN3O3. The minimum Gasteiger partial charge on any atom is -0.481 e. The Balaban J connectivity index is 1.73. The summed E-state index contributed by atoms with van der Waals surface area (Å²) in [5.41, 5.74) is 1.78. The van der Waals surface area contributed by atoms with E-state index in [4.69, 9.17) is 16.3 Å². The topological polar surface area (TPSA) is 70.7 Å². The highest BCUT2D eigenvalue weighted by Gasteiger charge is 2.24. The van der Waals surface area contributed by atoms with Crippen LogP contribution in [0, 0.1) is 0 Å². The molecule has 0 atom stereocenters. The molecule has 0 saturated carbocycles. The minimum absolute atomic E-state index is 0.0427. The third kappa shape index (κ3) is 3.92. The van der Waals surface area contributed by atoms with Crippen LogP contribution >= 0.6 is 11.6 Å². The van der Waals surface area contributed by atoms with E-state index in [0.29, 0.717) is 34.4 Å². The van der Waals surface area contributed by atoms with Crippen molar-refractivity contribution in [3.05, 3.63) is 60.1 Å². The van der Waals surface area contributed by atoms with Crippen molar-refractivity contribution in [3.8, 4) is 5.75 Å². The smallest absolute Gasteiger partial charge is 0.323 e. The molecule has 25 heavy (non-hydrogen) atoms. The van der Waals surface area contributed by atoms with Gasteiger partial charge in [0.2, 0.25) is 0 Å². The van der Waals surface area contributed by atoms with E-state index in [1.165, 1.54) is 0 Å². The number of halogens is 1. The molecule has 2 aromatic rings. The van der Waals surface area contributed by atoms with Gasteiger partial charge in [-0.3, -0.25) is 4.79 Å². The van der Waals surface area contributed by atoms with Gasteiger partial charge < -0.3 is 20.3 Å². The predicted octanol–water partition coefficient (Wildman–Crippen LogP) is 3.90. The van der Waals surface area contributed by atoms with Crippen molar-refractivity contribution in [2.45, 2.75) is 0 Å². The molecule has 1 aliphatic heterocycles. The number of carbonyl (C=O) groups is 2. The van der Waals surface area contributed by atoms with Gasteiger partial charge in [-0.1, -0.05) is 23.7 Å². The molecule has 0 radical (unpaired) electrons. The Bertz CT molecular complexity index is 838. The Hall–Kier alpha value is -2.99. The van der Waals surface area contributed by atoms with Crippen LogP contribution in [-0.2, 0) is 4.79 Å². The van der Waals surface area contributed by atoms with E-state index in [1.54, 1.807) is 53.4 Å². The number of nitrogens with zero attached hydrogens (tertiary/aromatic N) is 1. The Morgan fingerprint density at radius 2 is 2.00 bits per heavy atom. The van der Waals surface area contributed by atoms with Crippen LogP contribution in [0.15, 0.2) is 55.1 Å². The molecular weight excluding hydrogens is 342 g/mol. The molecule has 3 amide bonds. The normalized spacial score (nSPS) is 12.8. The number of benzene rings is 2. The van der Waals surface area contributed by atoms with Crippen LogP contribution in [0.3, 0.4) is 0 Å². The molecule has 0 saturated heterocycles. The Morgan fingerprint density at radius 3 is 2.72 bits per heavy atom. The SMILES string of the molecule is C=CCN1C(=O)COc2cc(NC(=O)Nc3cccc(Cl)c3)ccc21. The van der Waals surface area contributed by atoms with Crippen molar-refractivity contribution in [3.63, 3.8) is 0 Å². The number of hydrogen-bond acceptors (Lipinski definition) is 3. The van der Waals surface area contributed by atoms with Crippen LogP contribution in [0.4, 0.5) is 21.9 Å². The van der Waals surface area contributed by atoms with Crippen LogP contribution in [0.5, 0.6) is 5.75 Å². The fourth-order valence-electron chi connectivity index (χ4n) is 2.47. The summed E-state index contributed by atoms with van der Waals surface area (Å²) < 4.78 is 5.45. The second-order valence-electron chi connectivity index (χ2n) is 5.35. The standard InChI is InChI=1S/C18H16ClN3O3/c1-2-8-22-15-7-6-14(10-16(15)25-11-17(22)23)21-18(24)20-13-5-3-4-12(19)9-13/h2-7,9-10H,1,8,11H2,(H2,20,21,24). The van der Waals surface area contributed by atoms with Crippen molar-refractivity contribution in [1.82, 2.24) is 0 Å². The van der Waals surface area contributed by atoms with E-state index in [2.05, 4.69) is 17.2 Å². The van der Waals surface area contributed by atoms with Crippen LogP contribution in [0.1, 0.15) is 0 Å². The summed E-state index contributed by atoms with van der Waals surface area (Å²) in [5, 5.41) is 5.95. The number of rotatable bonds is 4. The Morgan fingerprint density at radius 1 is 1.24 bits per heavy atom. The fraction of sp³-hybridized carbons (Fsp3) is 0.111. The highest BCUT2D eigenvalue weighted by atomic mass is 35.5. The summed E-state index contributed by atoms with van der Waals surface area (Å²) in [7, 11) is 0. The highest BCUT2D eigenvalue weighted by Crippen LogP contribution is 2.34. The lowest BCUT2D eigenvalue weighted by Crippen LogP contribution is -2.38. The first-order valence-electron chi connectivity index (χ1n) is 7.58. The average molecular weight is 358 g/mol. The van der Waals surface area contributed by atoms with Crippen LogP contribution in [-0.4, -0.2) is 25.1 Å². The summed E-state index contributed by atoms with van der Waals surface area (Å²) >= 11 is 5.89. The first-order valence-corrected chi connectivity index (χ1v) is 7.96. The number of urea groups is 1. The number of carbonyl (C=O) groups excluding carboxylic acids is 2. The maximum absolute atomic E-state index is 12.1. The van der Waals surface area contributed by atoms with Crippen LogP contribution < -0.4 is 20.3 Å². The van der Waals surface area contributed by atoms with Crippen molar-refractivity contribution in [1.29, 1.82) is 0 Å². The molecule has 2 aromatic carbocycles. The van der Waals surface area contributed by atoms with Crippen LogP contribution in [0.25, 0.3) is 0 Å². The van der Waals surface area contributed by atoms with Gasteiger partial charge in [-0.2, -0.15) is 0 Å². The molecule has 0 bridgehead atoms. The molecule has 128 valence electrons. The molecule has 1 aliphatic rings. The monoisotopic (exact) mass is 357 g/mol. The summed E-state index contributed by atoms with van der Waals surface area (Å²) in [6.45, 7) is 4.01. The van der Waals surface area contributed by atoms with Gasteiger partial charge in [0.25, 0.3) is 5.91 Å². The maximum Gasteiger partial charge on any atom is 0.323 e. The lowest BCUT2D eigenvalue weighted by atomic mass is 10.2. The van der Waals surface area contributed by atoms with Crippen molar-refractivity contribution < 1.29 is 14.3 Å². The number of amides is 3. The molecule has 1 heterocycles. The van der Waals surface area contributed by atoms with Gasteiger partial charge >= 0.3 is 6.03 Å². The largest absolute Gasteiger partial charge is 0.481 e. The van der Waals surface area contributed by atoms with Gasteiger partial charge in [-0.05, 0) is 30.3 Å². The van der Waals surface area contributed by atoms with E-state index >= 15 is 0 Å². The summed E-state index contributed by atoms with van der Waals surface area (Å²) in [6.07, 6.45) is 1.65. The maximum atomic E-state index is 12.1. The molecule has 0 spiro atoms. The van der Waals surface area contributed by atoms with Crippen molar-refractivity contribution >= 4 is 40.6 Å². The lowest BCUT2D eigenvalue weighted by Gasteiger charge is -2.28. The van der Waals surface area contributed by atoms with Crippen LogP contribution in [0.2, 0.25) is 5.02 Å². The molecule has 2 N–H and O–H groups in total. The molecule has 0 aromatic heterocycles.